The summed E-state index contributed by atoms with van der Waals surface area (Å²) in [5.41, 5.74) is 0.925. The van der Waals surface area contributed by atoms with Gasteiger partial charge in [0.15, 0.2) is 11.2 Å². The van der Waals surface area contributed by atoms with E-state index in [1.165, 1.54) is 35.6 Å². The maximum Gasteiger partial charge on any atom is 0.266 e. The van der Waals surface area contributed by atoms with Gasteiger partial charge in [-0.25, -0.2) is 9.37 Å². The highest BCUT2D eigenvalue weighted by molar-refractivity contribution is 7.13. The molecule has 1 aliphatic rings. The summed E-state index contributed by atoms with van der Waals surface area (Å²) in [6.45, 7) is 5.65. The highest BCUT2D eigenvalue weighted by Crippen LogP contribution is 2.19. The number of aromatic nitrogens is 1. The van der Waals surface area contributed by atoms with Crippen molar-refractivity contribution in [1.82, 2.24) is 9.88 Å². The minimum absolute atomic E-state index is 0.295. The predicted octanol–water partition coefficient (Wildman–Crippen LogP) is 2.52. The van der Waals surface area contributed by atoms with Crippen LogP contribution in [0.5, 0.6) is 5.75 Å². The van der Waals surface area contributed by atoms with Crippen molar-refractivity contribution >= 4 is 22.4 Å². The largest absolute Gasteiger partial charge is 0.481 e. The number of halogens is 1. The van der Waals surface area contributed by atoms with Crippen LogP contribution >= 0.6 is 11.3 Å². The van der Waals surface area contributed by atoms with Crippen molar-refractivity contribution in [3.63, 3.8) is 0 Å². The van der Waals surface area contributed by atoms with Gasteiger partial charge in [0.1, 0.15) is 11.6 Å². The summed E-state index contributed by atoms with van der Waals surface area (Å²) >= 11 is 1.39. The van der Waals surface area contributed by atoms with E-state index in [0.29, 0.717) is 10.9 Å². The first kappa shape index (κ1) is 17.8. The molecule has 1 amide bonds. The first-order valence-electron chi connectivity index (χ1n) is 8.08. The molecule has 0 saturated carbocycles. The molecule has 134 valence electrons. The number of amides is 1. The van der Waals surface area contributed by atoms with Crippen molar-refractivity contribution in [3.8, 4) is 5.75 Å². The fourth-order valence-corrected chi connectivity index (χ4v) is 3.11. The number of thiazole rings is 1. The molecule has 25 heavy (non-hydrogen) atoms. The smallest absolute Gasteiger partial charge is 0.266 e. The van der Waals surface area contributed by atoms with E-state index in [1.54, 1.807) is 6.92 Å². The zero-order chi connectivity index (χ0) is 17.6. The maximum atomic E-state index is 12.9. The van der Waals surface area contributed by atoms with Crippen LogP contribution in [0.4, 0.5) is 9.52 Å². The molecule has 0 radical (unpaired) electrons. The van der Waals surface area contributed by atoms with Crippen molar-refractivity contribution in [3.05, 3.63) is 41.2 Å². The molecule has 0 spiro atoms. The van der Waals surface area contributed by atoms with Gasteiger partial charge in [-0.15, -0.1) is 11.3 Å². The molecular weight excluding hydrogens is 345 g/mol. The first-order valence-corrected chi connectivity index (χ1v) is 8.96. The number of anilines is 1. The van der Waals surface area contributed by atoms with Crippen molar-refractivity contribution in [2.45, 2.75) is 19.6 Å². The number of carbonyl (C=O) groups is 1. The first-order chi connectivity index (χ1) is 12.1. The van der Waals surface area contributed by atoms with E-state index >= 15 is 0 Å². The van der Waals surface area contributed by atoms with Gasteiger partial charge >= 0.3 is 0 Å². The van der Waals surface area contributed by atoms with Gasteiger partial charge in [0.2, 0.25) is 0 Å². The van der Waals surface area contributed by atoms with Gasteiger partial charge in [0.05, 0.1) is 18.9 Å². The third-order valence-corrected chi connectivity index (χ3v) is 4.57. The van der Waals surface area contributed by atoms with Gasteiger partial charge in [-0.05, 0) is 31.2 Å². The van der Waals surface area contributed by atoms with Crippen LogP contribution in [0.15, 0.2) is 29.6 Å². The third-order valence-electron chi connectivity index (χ3n) is 3.77. The van der Waals surface area contributed by atoms with Crippen LogP contribution in [-0.2, 0) is 16.1 Å². The van der Waals surface area contributed by atoms with Gasteiger partial charge < -0.3 is 9.47 Å². The highest BCUT2D eigenvalue weighted by atomic mass is 32.1. The number of morpholine rings is 1. The lowest BCUT2D eigenvalue weighted by atomic mass is 10.3. The van der Waals surface area contributed by atoms with Gasteiger partial charge in [-0.1, -0.05) is 0 Å². The monoisotopic (exact) mass is 365 g/mol. The third kappa shape index (κ3) is 5.22. The molecule has 2 heterocycles. The van der Waals surface area contributed by atoms with E-state index in [2.05, 4.69) is 15.2 Å². The van der Waals surface area contributed by atoms with E-state index in [4.69, 9.17) is 9.47 Å². The fraction of sp³-hybridized carbons (Fsp3) is 0.412. The molecular formula is C17H20FN3O3S. The van der Waals surface area contributed by atoms with Crippen LogP contribution in [0.25, 0.3) is 0 Å². The summed E-state index contributed by atoms with van der Waals surface area (Å²) in [6.07, 6.45) is -0.711. The van der Waals surface area contributed by atoms with Crippen LogP contribution in [0, 0.1) is 5.82 Å². The second-order valence-electron chi connectivity index (χ2n) is 5.74. The summed E-state index contributed by atoms with van der Waals surface area (Å²) in [4.78, 5) is 18.9. The number of nitrogens with one attached hydrogen (secondary N) is 1. The van der Waals surface area contributed by atoms with E-state index in [9.17, 15) is 9.18 Å². The molecule has 2 aromatic rings. The van der Waals surface area contributed by atoms with E-state index < -0.39 is 6.10 Å². The maximum absolute atomic E-state index is 12.9. The number of ether oxygens (including phenoxy) is 2. The Hall–Kier alpha value is -2.03. The summed E-state index contributed by atoms with van der Waals surface area (Å²) < 4.78 is 23.7. The molecule has 8 heteroatoms. The minimum atomic E-state index is -0.711. The van der Waals surface area contributed by atoms with Gasteiger partial charge in [0.25, 0.3) is 5.91 Å². The Labute approximate surface area is 149 Å². The number of carbonyl (C=O) groups excluding carboxylic acids is 1. The van der Waals surface area contributed by atoms with Gasteiger partial charge in [-0.2, -0.15) is 0 Å². The van der Waals surface area contributed by atoms with E-state index in [-0.39, 0.29) is 11.7 Å². The quantitative estimate of drug-likeness (QED) is 0.852. The average molecular weight is 365 g/mol. The Morgan fingerprint density at radius 2 is 2.12 bits per heavy atom. The lowest BCUT2D eigenvalue weighted by Gasteiger charge is -2.25. The SMILES string of the molecule is C[C@H](Oc1ccc(F)cc1)C(=O)Nc1nc(CN2CCOCC2)cs1. The second-order valence-corrected chi connectivity index (χ2v) is 6.59. The van der Waals surface area contributed by atoms with Crippen molar-refractivity contribution in [2.75, 3.05) is 31.6 Å². The molecule has 1 atom stereocenters. The molecule has 0 unspecified atom stereocenters. The van der Waals surface area contributed by atoms with Crippen LogP contribution in [-0.4, -0.2) is 48.2 Å². The summed E-state index contributed by atoms with van der Waals surface area (Å²) in [5.74, 6) is -0.201. The summed E-state index contributed by atoms with van der Waals surface area (Å²) in [6, 6.07) is 5.56. The molecule has 1 aromatic heterocycles. The van der Waals surface area contributed by atoms with Crippen LogP contribution in [0.2, 0.25) is 0 Å². The molecule has 0 aliphatic carbocycles. The lowest BCUT2D eigenvalue weighted by molar-refractivity contribution is -0.122. The van der Waals surface area contributed by atoms with Crippen molar-refractivity contribution in [1.29, 1.82) is 0 Å². The minimum Gasteiger partial charge on any atom is -0.481 e. The number of hydrogen-bond acceptors (Lipinski definition) is 6. The van der Waals surface area contributed by atoms with Crippen LogP contribution in [0.3, 0.4) is 0 Å². The van der Waals surface area contributed by atoms with Crippen molar-refractivity contribution < 1.29 is 18.7 Å². The van der Waals surface area contributed by atoms with E-state index in [1.807, 2.05) is 5.38 Å². The normalized spacial score (nSPS) is 16.4. The average Bonchev–Trinajstić information content (AvgIpc) is 3.04. The van der Waals surface area contributed by atoms with Crippen molar-refractivity contribution in [2.24, 2.45) is 0 Å². The molecule has 0 bridgehead atoms. The Balaban J connectivity index is 1.51. The standard InChI is InChI=1S/C17H20FN3O3S/c1-12(24-15-4-2-13(18)3-5-15)16(22)20-17-19-14(11-25-17)10-21-6-8-23-9-7-21/h2-5,11-12H,6-10H2,1H3,(H,19,20,22)/t12-/m0/s1. The number of hydrogen-bond donors (Lipinski definition) is 1. The fourth-order valence-electron chi connectivity index (χ4n) is 2.40. The Morgan fingerprint density at radius 3 is 2.84 bits per heavy atom. The molecule has 1 saturated heterocycles. The second kappa shape index (κ2) is 8.37. The Kier molecular flexibility index (Phi) is 5.95. The topological polar surface area (TPSA) is 63.7 Å². The molecule has 1 aromatic carbocycles. The number of benzene rings is 1. The Bertz CT molecular complexity index is 701. The highest BCUT2D eigenvalue weighted by Gasteiger charge is 2.17. The number of rotatable bonds is 6. The lowest BCUT2D eigenvalue weighted by Crippen LogP contribution is -2.35. The predicted molar refractivity (Wildman–Crippen MR) is 93.3 cm³/mol. The zero-order valence-corrected chi connectivity index (χ0v) is 14.7. The molecule has 1 aliphatic heterocycles. The molecule has 1 N–H and O–H groups in total. The number of nitrogens with zero attached hydrogens (tertiary/aromatic N) is 2. The van der Waals surface area contributed by atoms with Gasteiger partial charge in [0, 0.05) is 25.0 Å². The summed E-state index contributed by atoms with van der Waals surface area (Å²) in [7, 11) is 0. The molecule has 1 fully saturated rings. The Morgan fingerprint density at radius 1 is 1.40 bits per heavy atom. The van der Waals surface area contributed by atoms with Crippen LogP contribution in [0.1, 0.15) is 12.6 Å². The van der Waals surface area contributed by atoms with Crippen LogP contribution < -0.4 is 10.1 Å². The van der Waals surface area contributed by atoms with E-state index in [0.717, 1.165) is 38.5 Å². The molecule has 6 nitrogen and oxygen atoms in total. The van der Waals surface area contributed by atoms with Gasteiger partial charge in [-0.3, -0.25) is 15.0 Å². The molecule has 3 rings (SSSR count). The summed E-state index contributed by atoms with van der Waals surface area (Å²) in [5, 5.41) is 5.24. The zero-order valence-electron chi connectivity index (χ0n) is 13.9.